The number of piperazine rings is 1. The number of aryl methyl sites for hydroxylation is 3. The first-order valence-corrected chi connectivity index (χ1v) is 16.7. The average molecular weight is 611 g/mol. The molecule has 10 nitrogen and oxygen atoms in total. The average Bonchev–Trinajstić information content (AvgIpc) is 2.95. The van der Waals surface area contributed by atoms with E-state index in [0.717, 1.165) is 38.0 Å². The fourth-order valence-electron chi connectivity index (χ4n) is 6.50. The van der Waals surface area contributed by atoms with Crippen LogP contribution in [-0.2, 0) is 26.0 Å². The summed E-state index contributed by atoms with van der Waals surface area (Å²) in [5, 5.41) is 3.01. The molecule has 4 rings (SSSR count). The summed E-state index contributed by atoms with van der Waals surface area (Å²) < 4.78 is 28.3. The van der Waals surface area contributed by atoms with Gasteiger partial charge in [0, 0.05) is 32.7 Å². The van der Waals surface area contributed by atoms with E-state index in [1.807, 2.05) is 49.1 Å². The van der Waals surface area contributed by atoms with E-state index in [0.29, 0.717) is 43.4 Å². The topological polar surface area (TPSA) is 137 Å². The lowest BCUT2D eigenvalue weighted by Gasteiger charge is -2.51. The molecule has 0 aromatic heterocycles. The van der Waals surface area contributed by atoms with E-state index >= 15 is 0 Å². The zero-order valence-electron chi connectivity index (χ0n) is 25.9. The standard InChI is InChI=1S/C32H46N6O4S/c1-5-17-38-29(39)27(12-9-16-34-31(33)36-43(41,42)28-24(3)21-23(2)22-25(28)4)35-30(40)32(38)14-19-37(20-15-32)18-13-26-10-7-6-8-11-26/h6-8,10-11,21-22,27H,5,9,12-20H2,1-4H3,(H,35,40)(H3,33,34,36)/t27-/m0/s1. The third-order valence-corrected chi connectivity index (χ3v) is 10.2. The minimum atomic E-state index is -3.89. The number of piperidine rings is 1. The molecule has 2 aliphatic rings. The predicted octanol–water partition coefficient (Wildman–Crippen LogP) is 2.80. The molecule has 0 aliphatic carbocycles. The Hall–Kier alpha value is -3.44. The molecule has 1 spiro atoms. The van der Waals surface area contributed by atoms with Crippen molar-refractivity contribution in [3.8, 4) is 0 Å². The molecule has 4 N–H and O–H groups in total. The molecule has 1 atom stereocenters. The molecule has 2 heterocycles. The van der Waals surface area contributed by atoms with Crippen LogP contribution in [0.25, 0.3) is 0 Å². The monoisotopic (exact) mass is 610 g/mol. The van der Waals surface area contributed by atoms with Crippen LogP contribution in [0.1, 0.15) is 61.3 Å². The highest BCUT2D eigenvalue weighted by molar-refractivity contribution is 7.90. The van der Waals surface area contributed by atoms with Crippen LogP contribution in [-0.4, -0.2) is 80.3 Å². The summed E-state index contributed by atoms with van der Waals surface area (Å²) in [6.07, 6.45) is 3.82. The van der Waals surface area contributed by atoms with E-state index in [1.54, 1.807) is 13.8 Å². The molecule has 2 aromatic rings. The van der Waals surface area contributed by atoms with E-state index < -0.39 is 21.6 Å². The van der Waals surface area contributed by atoms with Gasteiger partial charge in [0.25, 0.3) is 10.0 Å². The van der Waals surface area contributed by atoms with Gasteiger partial charge in [-0.05, 0) is 76.0 Å². The minimum Gasteiger partial charge on any atom is -0.369 e. The van der Waals surface area contributed by atoms with Crippen LogP contribution in [0.15, 0.2) is 52.4 Å². The van der Waals surface area contributed by atoms with Crippen LogP contribution >= 0.6 is 0 Å². The number of hydrogen-bond donors (Lipinski definition) is 3. The van der Waals surface area contributed by atoms with E-state index in [9.17, 15) is 18.0 Å². The third-order valence-electron chi connectivity index (χ3n) is 8.54. The summed E-state index contributed by atoms with van der Waals surface area (Å²) in [5.41, 5.74) is 8.67. The predicted molar refractivity (Wildman–Crippen MR) is 169 cm³/mol. The fraction of sp³-hybridized carbons (Fsp3) is 0.531. The lowest BCUT2D eigenvalue weighted by Crippen LogP contribution is -2.72. The van der Waals surface area contributed by atoms with Crippen LogP contribution in [0.4, 0.5) is 0 Å². The number of rotatable bonds is 11. The van der Waals surface area contributed by atoms with Gasteiger partial charge in [0.2, 0.25) is 17.8 Å². The lowest BCUT2D eigenvalue weighted by molar-refractivity contribution is -0.161. The van der Waals surface area contributed by atoms with Gasteiger partial charge in [-0.3, -0.25) is 14.6 Å². The number of nitrogens with zero attached hydrogens (tertiary/aromatic N) is 3. The molecular weight excluding hydrogens is 564 g/mol. The minimum absolute atomic E-state index is 0.0536. The number of hydrogen-bond acceptors (Lipinski definition) is 6. The molecule has 43 heavy (non-hydrogen) atoms. The van der Waals surface area contributed by atoms with Gasteiger partial charge in [-0.1, -0.05) is 55.0 Å². The molecule has 11 heteroatoms. The van der Waals surface area contributed by atoms with Crippen molar-refractivity contribution in [2.75, 3.05) is 32.7 Å². The van der Waals surface area contributed by atoms with E-state index in [-0.39, 0.29) is 29.2 Å². The molecule has 0 radical (unpaired) electrons. The van der Waals surface area contributed by atoms with Crippen molar-refractivity contribution in [1.29, 1.82) is 0 Å². The van der Waals surface area contributed by atoms with Gasteiger partial charge in [0.05, 0.1) is 4.90 Å². The Kier molecular flexibility index (Phi) is 10.5. The second-order valence-electron chi connectivity index (χ2n) is 11.9. The van der Waals surface area contributed by atoms with Gasteiger partial charge in [0.1, 0.15) is 11.6 Å². The number of amides is 2. The van der Waals surface area contributed by atoms with Crippen LogP contribution in [0.3, 0.4) is 0 Å². The normalized spacial score (nSPS) is 19.5. The van der Waals surface area contributed by atoms with Gasteiger partial charge in [0.15, 0.2) is 0 Å². The van der Waals surface area contributed by atoms with Gasteiger partial charge in [-0.2, -0.15) is 0 Å². The highest BCUT2D eigenvalue weighted by Gasteiger charge is 2.53. The summed E-state index contributed by atoms with van der Waals surface area (Å²) >= 11 is 0. The number of aliphatic imine (C=N–C) groups is 1. The molecule has 2 amide bonds. The Balaban J connectivity index is 1.31. The number of likely N-dealkylation sites (tertiary alicyclic amines) is 1. The van der Waals surface area contributed by atoms with Crippen molar-refractivity contribution >= 4 is 27.8 Å². The van der Waals surface area contributed by atoms with Crippen LogP contribution in [0, 0.1) is 20.8 Å². The molecule has 0 saturated carbocycles. The summed E-state index contributed by atoms with van der Waals surface area (Å²) in [6.45, 7) is 10.7. The smallest absolute Gasteiger partial charge is 0.264 e. The molecule has 2 saturated heterocycles. The Labute approximate surface area is 256 Å². The van der Waals surface area contributed by atoms with Gasteiger partial charge in [-0.15, -0.1) is 0 Å². The van der Waals surface area contributed by atoms with Crippen LogP contribution in [0.5, 0.6) is 0 Å². The molecule has 2 fully saturated rings. The second-order valence-corrected chi connectivity index (χ2v) is 13.5. The maximum atomic E-state index is 13.6. The first-order valence-electron chi connectivity index (χ1n) is 15.3. The Bertz CT molecular complexity index is 1410. The number of guanidine groups is 1. The highest BCUT2D eigenvalue weighted by Crippen LogP contribution is 2.34. The number of nitrogens with one attached hydrogen (secondary N) is 2. The maximum Gasteiger partial charge on any atom is 0.264 e. The van der Waals surface area contributed by atoms with Gasteiger partial charge < -0.3 is 20.9 Å². The SMILES string of the molecule is CCCN1C(=O)[C@H](CCCN=C(N)NS(=O)(=O)c2c(C)cc(C)cc2C)NC(=O)C12CCN(CCc1ccccc1)CC2. The molecule has 2 aliphatic heterocycles. The van der Waals surface area contributed by atoms with E-state index in [1.165, 1.54) is 5.56 Å². The quantitative estimate of drug-likeness (QED) is 0.203. The van der Waals surface area contributed by atoms with E-state index in [4.69, 9.17) is 5.73 Å². The zero-order valence-corrected chi connectivity index (χ0v) is 26.7. The fourth-order valence-corrected chi connectivity index (χ4v) is 7.91. The van der Waals surface area contributed by atoms with Gasteiger partial charge >= 0.3 is 0 Å². The largest absolute Gasteiger partial charge is 0.369 e. The molecule has 2 aromatic carbocycles. The Morgan fingerprint density at radius 3 is 2.35 bits per heavy atom. The number of sulfonamides is 1. The summed E-state index contributed by atoms with van der Waals surface area (Å²) in [4.78, 5) is 35.8. The molecule has 234 valence electrons. The number of carbonyl (C=O) groups excluding carboxylic acids is 2. The molecule has 0 unspecified atom stereocenters. The summed E-state index contributed by atoms with van der Waals surface area (Å²) in [5.74, 6) is -0.334. The number of nitrogens with two attached hydrogens (primary N) is 1. The number of benzene rings is 2. The van der Waals surface area contributed by atoms with Crippen molar-refractivity contribution < 1.29 is 18.0 Å². The van der Waals surface area contributed by atoms with Crippen molar-refractivity contribution in [2.24, 2.45) is 10.7 Å². The van der Waals surface area contributed by atoms with Crippen molar-refractivity contribution in [3.05, 3.63) is 64.7 Å². The van der Waals surface area contributed by atoms with Gasteiger partial charge in [-0.25, -0.2) is 13.1 Å². The Morgan fingerprint density at radius 1 is 1.07 bits per heavy atom. The maximum absolute atomic E-state index is 13.6. The Morgan fingerprint density at radius 2 is 1.72 bits per heavy atom. The second kappa shape index (κ2) is 13.9. The summed E-state index contributed by atoms with van der Waals surface area (Å²) in [6, 6.07) is 13.4. The summed E-state index contributed by atoms with van der Waals surface area (Å²) in [7, 11) is -3.89. The van der Waals surface area contributed by atoms with Crippen molar-refractivity contribution in [1.82, 2.24) is 19.8 Å². The van der Waals surface area contributed by atoms with Crippen molar-refractivity contribution in [2.45, 2.75) is 82.7 Å². The highest BCUT2D eigenvalue weighted by atomic mass is 32.2. The van der Waals surface area contributed by atoms with E-state index in [2.05, 4.69) is 32.1 Å². The molecular formula is C32H46N6O4S. The van der Waals surface area contributed by atoms with Crippen LogP contribution < -0.4 is 15.8 Å². The zero-order chi connectivity index (χ0) is 31.2. The molecule has 0 bridgehead atoms. The number of carbonyl (C=O) groups is 2. The van der Waals surface area contributed by atoms with Crippen molar-refractivity contribution in [3.63, 3.8) is 0 Å². The lowest BCUT2D eigenvalue weighted by atomic mass is 9.81. The van der Waals surface area contributed by atoms with Crippen LogP contribution in [0.2, 0.25) is 0 Å². The first-order chi connectivity index (χ1) is 20.5. The first kappa shape index (κ1) is 32.5. The third kappa shape index (κ3) is 7.56.